The molecular formula is C22H16N4O. The van der Waals surface area contributed by atoms with Gasteiger partial charge in [-0.2, -0.15) is 15.6 Å². The third kappa shape index (κ3) is 4.18. The minimum absolute atomic E-state index is 0.0400. The van der Waals surface area contributed by atoms with E-state index >= 15 is 0 Å². The van der Waals surface area contributed by atoms with Crippen LogP contribution in [-0.2, 0) is 6.54 Å². The Morgan fingerprint density at radius 3 is 2.33 bits per heavy atom. The van der Waals surface area contributed by atoms with E-state index in [1.54, 1.807) is 41.2 Å². The van der Waals surface area contributed by atoms with Crippen molar-refractivity contribution in [2.45, 2.75) is 13.0 Å². The molecule has 2 aromatic carbocycles. The molecule has 0 bridgehead atoms. The Bertz CT molecular complexity index is 1050. The first-order valence-corrected chi connectivity index (χ1v) is 8.44. The number of hydrogen-bond donors (Lipinski definition) is 0. The van der Waals surface area contributed by atoms with Gasteiger partial charge in [0, 0.05) is 22.9 Å². The van der Waals surface area contributed by atoms with Gasteiger partial charge >= 0.3 is 0 Å². The molecule has 5 nitrogen and oxygen atoms in total. The standard InChI is InChI=1S/C22H16N4O/c23-12-7-13-26-16-20(21(25-26)17-8-3-1-4-9-17)14-19(15-24)22(27)18-10-5-2-6-11-18/h1-6,8-11,14,16H,7,13H2/b19-14+. The average Bonchev–Trinajstić information content (AvgIpc) is 3.14. The molecule has 27 heavy (non-hydrogen) atoms. The Kier molecular flexibility index (Phi) is 5.57. The van der Waals surface area contributed by atoms with E-state index in [2.05, 4.69) is 11.2 Å². The number of aryl methyl sites for hydroxylation is 1. The Morgan fingerprint density at radius 1 is 1.04 bits per heavy atom. The Balaban J connectivity index is 2.05. The van der Waals surface area contributed by atoms with Gasteiger partial charge in [0.05, 0.1) is 24.7 Å². The molecule has 0 saturated carbocycles. The molecule has 0 fully saturated rings. The lowest BCUT2D eigenvalue weighted by Crippen LogP contribution is -2.01. The Labute approximate surface area is 157 Å². The van der Waals surface area contributed by atoms with Crippen LogP contribution >= 0.6 is 0 Å². The SMILES string of the molecule is N#CCCn1cc(/C=C(\C#N)C(=O)c2ccccc2)c(-c2ccccc2)n1. The highest BCUT2D eigenvalue weighted by Crippen LogP contribution is 2.25. The van der Waals surface area contributed by atoms with E-state index in [0.29, 0.717) is 29.8 Å². The molecule has 0 aliphatic carbocycles. The van der Waals surface area contributed by atoms with Crippen LogP contribution in [0.2, 0.25) is 0 Å². The first-order valence-electron chi connectivity index (χ1n) is 8.44. The smallest absolute Gasteiger partial charge is 0.203 e. The maximum atomic E-state index is 12.6. The molecule has 1 heterocycles. The number of hydrogen-bond acceptors (Lipinski definition) is 4. The topological polar surface area (TPSA) is 82.5 Å². The minimum Gasteiger partial charge on any atom is -0.288 e. The Hall–Kier alpha value is -3.96. The fraction of sp³-hybridized carbons (Fsp3) is 0.0909. The van der Waals surface area contributed by atoms with Crippen LogP contribution < -0.4 is 0 Å². The number of aromatic nitrogens is 2. The van der Waals surface area contributed by atoms with Crippen LogP contribution in [0.15, 0.2) is 72.4 Å². The fourth-order valence-electron chi connectivity index (χ4n) is 2.69. The van der Waals surface area contributed by atoms with E-state index in [1.165, 1.54) is 0 Å². The summed E-state index contributed by atoms with van der Waals surface area (Å²) in [5.41, 5.74) is 2.72. The number of nitriles is 2. The molecule has 130 valence electrons. The summed E-state index contributed by atoms with van der Waals surface area (Å²) in [4.78, 5) is 12.6. The van der Waals surface area contributed by atoms with Crippen molar-refractivity contribution in [1.29, 1.82) is 10.5 Å². The van der Waals surface area contributed by atoms with Gasteiger partial charge in [-0.05, 0) is 6.08 Å². The van der Waals surface area contributed by atoms with E-state index in [4.69, 9.17) is 5.26 Å². The van der Waals surface area contributed by atoms with Gasteiger partial charge in [0.2, 0.25) is 5.78 Å². The van der Waals surface area contributed by atoms with Crippen molar-refractivity contribution >= 4 is 11.9 Å². The van der Waals surface area contributed by atoms with Crippen LogP contribution in [0.3, 0.4) is 0 Å². The molecule has 0 amide bonds. The monoisotopic (exact) mass is 352 g/mol. The number of carbonyl (C=O) groups excluding carboxylic acids is 1. The normalized spacial score (nSPS) is 10.8. The molecule has 3 rings (SSSR count). The van der Waals surface area contributed by atoms with E-state index < -0.39 is 0 Å². The number of allylic oxidation sites excluding steroid dienone is 1. The highest BCUT2D eigenvalue weighted by molar-refractivity contribution is 6.14. The summed E-state index contributed by atoms with van der Waals surface area (Å²) in [6, 6.07) is 22.3. The van der Waals surface area contributed by atoms with Gasteiger partial charge in [-0.1, -0.05) is 60.7 Å². The van der Waals surface area contributed by atoms with Crippen LogP contribution in [0.4, 0.5) is 0 Å². The lowest BCUT2D eigenvalue weighted by Gasteiger charge is -2.01. The van der Waals surface area contributed by atoms with Gasteiger partial charge < -0.3 is 0 Å². The van der Waals surface area contributed by atoms with Gasteiger partial charge in [0.25, 0.3) is 0 Å². The molecule has 0 aliphatic rings. The number of Topliss-reactive ketones (excluding diaryl/α,β-unsaturated/α-hetero) is 1. The lowest BCUT2D eigenvalue weighted by atomic mass is 10.0. The maximum absolute atomic E-state index is 12.6. The molecule has 0 saturated heterocycles. The first kappa shape index (κ1) is 17.8. The van der Waals surface area contributed by atoms with Crippen LogP contribution in [0.5, 0.6) is 0 Å². The van der Waals surface area contributed by atoms with Crippen LogP contribution in [0.25, 0.3) is 17.3 Å². The predicted octanol–water partition coefficient (Wildman–Crippen LogP) is 4.25. The van der Waals surface area contributed by atoms with Gasteiger partial charge in [0.15, 0.2) is 0 Å². The first-order chi connectivity index (χ1) is 13.2. The third-order valence-corrected chi connectivity index (χ3v) is 3.99. The van der Waals surface area contributed by atoms with Crippen LogP contribution in [0, 0.1) is 22.7 Å². The van der Waals surface area contributed by atoms with Crippen molar-refractivity contribution < 1.29 is 4.79 Å². The third-order valence-electron chi connectivity index (χ3n) is 3.99. The molecule has 0 radical (unpaired) electrons. The molecule has 0 spiro atoms. The zero-order valence-electron chi connectivity index (χ0n) is 14.5. The largest absolute Gasteiger partial charge is 0.288 e. The van der Waals surface area contributed by atoms with Crippen molar-refractivity contribution in [2.75, 3.05) is 0 Å². The van der Waals surface area contributed by atoms with Gasteiger partial charge in [-0.25, -0.2) is 0 Å². The Morgan fingerprint density at radius 2 is 1.70 bits per heavy atom. The van der Waals surface area contributed by atoms with Crippen molar-refractivity contribution in [3.05, 3.63) is 83.6 Å². The van der Waals surface area contributed by atoms with Gasteiger partial charge in [-0.15, -0.1) is 0 Å². The molecule has 0 unspecified atom stereocenters. The van der Waals surface area contributed by atoms with E-state index in [9.17, 15) is 10.1 Å². The summed E-state index contributed by atoms with van der Waals surface area (Å²) in [6.45, 7) is 0.443. The average molecular weight is 352 g/mol. The molecule has 1 aromatic heterocycles. The highest BCUT2D eigenvalue weighted by Gasteiger charge is 2.15. The number of nitrogens with zero attached hydrogens (tertiary/aromatic N) is 4. The van der Waals surface area contributed by atoms with Crippen molar-refractivity contribution in [3.63, 3.8) is 0 Å². The highest BCUT2D eigenvalue weighted by atomic mass is 16.1. The molecular weight excluding hydrogens is 336 g/mol. The second-order valence-corrected chi connectivity index (χ2v) is 5.84. The summed E-state index contributed by atoms with van der Waals surface area (Å²) in [5.74, 6) is -0.332. The zero-order valence-corrected chi connectivity index (χ0v) is 14.5. The quantitative estimate of drug-likeness (QED) is 0.377. The molecule has 5 heteroatoms. The summed E-state index contributed by atoms with van der Waals surface area (Å²) < 4.78 is 1.67. The second kappa shape index (κ2) is 8.42. The van der Waals surface area contributed by atoms with Crippen LogP contribution in [-0.4, -0.2) is 15.6 Å². The summed E-state index contributed by atoms with van der Waals surface area (Å²) in [6.07, 6.45) is 3.65. The molecule has 0 atom stereocenters. The predicted molar refractivity (Wildman–Crippen MR) is 102 cm³/mol. The van der Waals surface area contributed by atoms with Crippen molar-refractivity contribution in [2.24, 2.45) is 0 Å². The minimum atomic E-state index is -0.332. The summed E-state index contributed by atoms with van der Waals surface area (Å²) >= 11 is 0. The number of rotatable bonds is 6. The van der Waals surface area contributed by atoms with Gasteiger partial charge in [-0.3, -0.25) is 9.48 Å². The molecule has 3 aromatic rings. The van der Waals surface area contributed by atoms with E-state index in [0.717, 1.165) is 5.56 Å². The second-order valence-electron chi connectivity index (χ2n) is 5.84. The molecule has 0 aliphatic heterocycles. The maximum Gasteiger partial charge on any atom is 0.203 e. The van der Waals surface area contributed by atoms with Gasteiger partial charge in [0.1, 0.15) is 11.6 Å². The van der Waals surface area contributed by atoms with E-state index in [-0.39, 0.29) is 11.4 Å². The molecule has 0 N–H and O–H groups in total. The number of carbonyl (C=O) groups is 1. The summed E-state index contributed by atoms with van der Waals surface area (Å²) in [5, 5.41) is 22.9. The zero-order chi connectivity index (χ0) is 19.1. The number of benzene rings is 2. The lowest BCUT2D eigenvalue weighted by molar-refractivity contribution is 0.104. The van der Waals surface area contributed by atoms with Crippen LogP contribution in [0.1, 0.15) is 22.3 Å². The number of ketones is 1. The van der Waals surface area contributed by atoms with Crippen molar-refractivity contribution in [3.8, 4) is 23.4 Å². The van der Waals surface area contributed by atoms with Crippen molar-refractivity contribution in [1.82, 2.24) is 9.78 Å². The summed E-state index contributed by atoms with van der Waals surface area (Å²) in [7, 11) is 0. The van der Waals surface area contributed by atoms with E-state index in [1.807, 2.05) is 42.5 Å². The fourth-order valence-corrected chi connectivity index (χ4v) is 2.69.